The summed E-state index contributed by atoms with van der Waals surface area (Å²) in [6.45, 7) is 5.17. The van der Waals surface area contributed by atoms with Crippen molar-refractivity contribution in [1.82, 2.24) is 15.5 Å². The molecule has 29 heavy (non-hydrogen) atoms. The number of hydrogen-bond donors (Lipinski definition) is 2. The lowest BCUT2D eigenvalue weighted by Gasteiger charge is -2.22. The number of carbonyl (C=O) groups is 1. The van der Waals surface area contributed by atoms with Gasteiger partial charge in [-0.2, -0.15) is 0 Å². The molecule has 0 bridgehead atoms. The molecule has 2 N–H and O–H groups in total. The van der Waals surface area contributed by atoms with E-state index in [-0.39, 0.29) is 23.2 Å². The molecule has 1 unspecified atom stereocenters. The fraction of sp³-hybridized carbons (Fsp3) is 0.652. The molecule has 3 fully saturated rings. The van der Waals surface area contributed by atoms with Gasteiger partial charge in [0, 0.05) is 37.0 Å². The van der Waals surface area contributed by atoms with Crippen LogP contribution in [0.25, 0.3) is 0 Å². The highest BCUT2D eigenvalue weighted by molar-refractivity contribution is 5.81. The van der Waals surface area contributed by atoms with Gasteiger partial charge in [0.15, 0.2) is 5.96 Å². The first kappa shape index (κ1) is 20.2. The minimum absolute atomic E-state index is 0.0518. The Hall–Kier alpha value is -2.11. The smallest absolute Gasteiger partial charge is 0.225 e. The maximum Gasteiger partial charge on any atom is 0.225 e. The van der Waals surface area contributed by atoms with E-state index in [1.165, 1.54) is 30.5 Å². The van der Waals surface area contributed by atoms with Crippen LogP contribution in [-0.2, 0) is 10.2 Å². The van der Waals surface area contributed by atoms with Crippen LogP contribution in [0.5, 0.6) is 0 Å². The summed E-state index contributed by atoms with van der Waals surface area (Å²) in [4.78, 5) is 19.6. The summed E-state index contributed by atoms with van der Waals surface area (Å²) in [5.41, 5.74) is 1.23. The third-order valence-corrected chi connectivity index (χ3v) is 6.74. The summed E-state index contributed by atoms with van der Waals surface area (Å²) < 4.78 is 13.2. The Bertz CT molecular complexity index is 738. The summed E-state index contributed by atoms with van der Waals surface area (Å²) in [6.07, 6.45) is 7.65. The maximum absolute atomic E-state index is 13.2. The zero-order valence-electron chi connectivity index (χ0n) is 17.4. The number of carbonyl (C=O) groups excluding carboxylic acids is 1. The number of halogens is 1. The number of rotatable bonds is 6. The molecule has 3 aliphatic rings. The Balaban J connectivity index is 1.34. The van der Waals surface area contributed by atoms with Gasteiger partial charge >= 0.3 is 0 Å². The summed E-state index contributed by atoms with van der Waals surface area (Å²) in [5.74, 6) is 1.23. The predicted molar refractivity (Wildman–Crippen MR) is 113 cm³/mol. The molecule has 1 amide bonds. The van der Waals surface area contributed by atoms with E-state index in [1.807, 2.05) is 17.0 Å². The van der Waals surface area contributed by atoms with Crippen LogP contribution in [0.2, 0.25) is 0 Å². The molecule has 1 atom stereocenters. The molecule has 0 radical (unpaired) electrons. The van der Waals surface area contributed by atoms with Gasteiger partial charge in [-0.15, -0.1) is 0 Å². The van der Waals surface area contributed by atoms with Gasteiger partial charge in [0.1, 0.15) is 5.82 Å². The SMILES string of the molecule is CCNC(=NCC1(c2ccc(F)cc2)CC1)NC1CCN(C(=O)C2CCCC2)C1. The van der Waals surface area contributed by atoms with Crippen molar-refractivity contribution >= 4 is 11.9 Å². The molecule has 2 aliphatic carbocycles. The monoisotopic (exact) mass is 400 g/mol. The van der Waals surface area contributed by atoms with Crippen molar-refractivity contribution in [2.75, 3.05) is 26.2 Å². The number of likely N-dealkylation sites (tertiary alicyclic amines) is 1. The van der Waals surface area contributed by atoms with Gasteiger partial charge in [-0.3, -0.25) is 9.79 Å². The average Bonchev–Trinajstić information content (AvgIpc) is 3.11. The van der Waals surface area contributed by atoms with Crippen molar-refractivity contribution < 1.29 is 9.18 Å². The first-order chi connectivity index (χ1) is 14.1. The molecule has 158 valence electrons. The van der Waals surface area contributed by atoms with Crippen LogP contribution in [0.4, 0.5) is 4.39 Å². The number of amides is 1. The van der Waals surface area contributed by atoms with Gasteiger partial charge in [-0.25, -0.2) is 4.39 Å². The molecule has 1 aromatic rings. The first-order valence-electron chi connectivity index (χ1n) is 11.2. The quantitative estimate of drug-likeness (QED) is 0.570. The predicted octanol–water partition coefficient (Wildman–Crippen LogP) is 3.20. The Morgan fingerprint density at radius 2 is 1.93 bits per heavy atom. The molecular weight excluding hydrogens is 367 g/mol. The van der Waals surface area contributed by atoms with Crippen LogP contribution in [0.15, 0.2) is 29.3 Å². The third kappa shape index (κ3) is 4.73. The number of guanidine groups is 1. The van der Waals surface area contributed by atoms with Crippen molar-refractivity contribution in [2.24, 2.45) is 10.9 Å². The van der Waals surface area contributed by atoms with Gasteiger partial charge in [0.25, 0.3) is 0 Å². The summed E-state index contributed by atoms with van der Waals surface area (Å²) in [7, 11) is 0. The van der Waals surface area contributed by atoms with Gasteiger partial charge in [0.05, 0.1) is 6.54 Å². The summed E-state index contributed by atoms with van der Waals surface area (Å²) in [5, 5.41) is 6.88. The molecule has 6 heteroatoms. The zero-order chi connectivity index (χ0) is 20.3. The molecule has 1 aromatic carbocycles. The second kappa shape index (κ2) is 8.72. The summed E-state index contributed by atoms with van der Waals surface area (Å²) in [6, 6.07) is 7.11. The van der Waals surface area contributed by atoms with Crippen LogP contribution in [0, 0.1) is 11.7 Å². The van der Waals surface area contributed by atoms with Crippen LogP contribution in [0.1, 0.15) is 57.4 Å². The van der Waals surface area contributed by atoms with E-state index in [9.17, 15) is 9.18 Å². The number of benzene rings is 1. The van der Waals surface area contributed by atoms with Crippen molar-refractivity contribution in [3.8, 4) is 0 Å². The number of hydrogen-bond acceptors (Lipinski definition) is 2. The van der Waals surface area contributed by atoms with Crippen molar-refractivity contribution in [2.45, 2.75) is 63.3 Å². The molecule has 1 heterocycles. The van der Waals surface area contributed by atoms with Gasteiger partial charge in [-0.05, 0) is 56.7 Å². The lowest BCUT2D eigenvalue weighted by Crippen LogP contribution is -2.45. The number of aliphatic imine (C=N–C) groups is 1. The molecular formula is C23H33FN4O. The Morgan fingerprint density at radius 1 is 1.21 bits per heavy atom. The van der Waals surface area contributed by atoms with Crippen LogP contribution in [0.3, 0.4) is 0 Å². The second-order valence-electron chi connectivity index (χ2n) is 8.88. The van der Waals surface area contributed by atoms with Crippen LogP contribution >= 0.6 is 0 Å². The minimum atomic E-state index is -0.194. The van der Waals surface area contributed by atoms with Gasteiger partial charge < -0.3 is 15.5 Å². The van der Waals surface area contributed by atoms with Crippen LogP contribution in [-0.4, -0.2) is 49.0 Å². The second-order valence-corrected chi connectivity index (χ2v) is 8.88. The Morgan fingerprint density at radius 3 is 2.59 bits per heavy atom. The van der Waals surface area contributed by atoms with E-state index < -0.39 is 0 Å². The minimum Gasteiger partial charge on any atom is -0.357 e. The molecule has 1 saturated heterocycles. The van der Waals surface area contributed by atoms with E-state index in [1.54, 1.807) is 0 Å². The van der Waals surface area contributed by atoms with E-state index in [2.05, 4.69) is 17.6 Å². The van der Waals surface area contributed by atoms with Crippen LogP contribution < -0.4 is 10.6 Å². The van der Waals surface area contributed by atoms with Crippen molar-refractivity contribution in [3.05, 3.63) is 35.6 Å². The lowest BCUT2D eigenvalue weighted by atomic mass is 9.96. The Kier molecular flexibility index (Phi) is 6.07. The Labute approximate surface area is 173 Å². The fourth-order valence-electron chi connectivity index (χ4n) is 4.75. The topological polar surface area (TPSA) is 56.7 Å². The molecule has 1 aliphatic heterocycles. The maximum atomic E-state index is 13.2. The van der Waals surface area contributed by atoms with E-state index in [0.29, 0.717) is 12.5 Å². The van der Waals surface area contributed by atoms with E-state index in [4.69, 9.17) is 4.99 Å². The number of nitrogens with zero attached hydrogens (tertiary/aromatic N) is 2. The largest absolute Gasteiger partial charge is 0.357 e. The van der Waals surface area contributed by atoms with Gasteiger partial charge in [0.2, 0.25) is 5.91 Å². The molecule has 4 rings (SSSR count). The van der Waals surface area contributed by atoms with E-state index >= 15 is 0 Å². The summed E-state index contributed by atoms with van der Waals surface area (Å²) >= 11 is 0. The zero-order valence-corrected chi connectivity index (χ0v) is 17.4. The highest BCUT2D eigenvalue weighted by atomic mass is 19.1. The van der Waals surface area contributed by atoms with E-state index in [0.717, 1.165) is 57.7 Å². The average molecular weight is 401 g/mol. The normalized spacial score (nSPS) is 24.0. The third-order valence-electron chi connectivity index (χ3n) is 6.74. The number of nitrogens with one attached hydrogen (secondary N) is 2. The lowest BCUT2D eigenvalue weighted by molar-refractivity contribution is -0.134. The molecule has 5 nitrogen and oxygen atoms in total. The molecule has 0 aromatic heterocycles. The fourth-order valence-corrected chi connectivity index (χ4v) is 4.75. The van der Waals surface area contributed by atoms with Gasteiger partial charge in [-0.1, -0.05) is 25.0 Å². The first-order valence-corrected chi connectivity index (χ1v) is 11.2. The van der Waals surface area contributed by atoms with Crippen molar-refractivity contribution in [3.63, 3.8) is 0 Å². The standard InChI is InChI=1S/C23H33FN4O/c1-2-25-22(26-16-23(12-13-23)18-7-9-19(24)10-8-18)27-20-11-14-28(15-20)21(29)17-5-3-4-6-17/h7-10,17,20H,2-6,11-16H2,1H3,(H2,25,26,27). The highest BCUT2D eigenvalue weighted by Gasteiger charge is 2.44. The highest BCUT2D eigenvalue weighted by Crippen LogP contribution is 2.48. The molecule has 2 saturated carbocycles. The molecule has 0 spiro atoms. The van der Waals surface area contributed by atoms with Crippen molar-refractivity contribution in [1.29, 1.82) is 0 Å².